The third kappa shape index (κ3) is 1.97. The fraction of sp³-hybridized carbons (Fsp3) is 1.00. The minimum atomic E-state index is -2.38. The quantitative estimate of drug-likeness (QED) is 0.769. The molecule has 0 aromatic rings. The van der Waals surface area contributed by atoms with E-state index < -0.39 is 11.3 Å². The second-order valence-corrected chi connectivity index (χ2v) is 6.87. The van der Waals surface area contributed by atoms with Gasteiger partial charge in [-0.3, -0.25) is 4.90 Å². The predicted octanol–water partition coefficient (Wildman–Crippen LogP) is 2.92. The Hall–Kier alpha value is -0.220. The molecular formula is C14H23F2NO. The van der Waals surface area contributed by atoms with Crippen LogP contribution >= 0.6 is 0 Å². The normalized spacial score (nSPS) is 41.0. The molecule has 2 saturated carbocycles. The van der Waals surface area contributed by atoms with Crippen LogP contribution in [0.1, 0.15) is 39.0 Å². The van der Waals surface area contributed by atoms with Crippen molar-refractivity contribution in [3.05, 3.63) is 0 Å². The molecule has 0 N–H and O–H groups in total. The molecule has 104 valence electrons. The van der Waals surface area contributed by atoms with E-state index in [9.17, 15) is 8.78 Å². The Bertz CT molecular complexity index is 343. The smallest absolute Gasteiger partial charge is 0.254 e. The highest BCUT2D eigenvalue weighted by Crippen LogP contribution is 2.67. The van der Waals surface area contributed by atoms with Crippen molar-refractivity contribution in [1.29, 1.82) is 0 Å². The molecule has 0 bridgehead atoms. The second-order valence-electron chi connectivity index (χ2n) is 6.87. The van der Waals surface area contributed by atoms with E-state index in [1.165, 1.54) is 12.8 Å². The number of hydrogen-bond donors (Lipinski definition) is 0. The summed E-state index contributed by atoms with van der Waals surface area (Å²) in [5.74, 6) is -2.38. The van der Waals surface area contributed by atoms with Gasteiger partial charge in [0.1, 0.15) is 0 Å². The first-order valence-corrected chi connectivity index (χ1v) is 7.03. The maximum absolute atomic E-state index is 13.4. The molecule has 1 spiro atoms. The SMILES string of the molecule is COCC1(CN2CCC3(CC2C)CC3(F)F)CC1. The summed E-state index contributed by atoms with van der Waals surface area (Å²) in [6.45, 7) is 4.79. The van der Waals surface area contributed by atoms with Gasteiger partial charge in [0, 0.05) is 36.9 Å². The number of halogens is 2. The lowest BCUT2D eigenvalue weighted by Gasteiger charge is -2.40. The van der Waals surface area contributed by atoms with Gasteiger partial charge in [0.05, 0.1) is 6.61 Å². The van der Waals surface area contributed by atoms with E-state index in [4.69, 9.17) is 4.74 Å². The maximum Gasteiger partial charge on any atom is 0.254 e. The summed E-state index contributed by atoms with van der Waals surface area (Å²) in [6.07, 6.45) is 3.93. The second kappa shape index (κ2) is 3.89. The molecule has 1 heterocycles. The molecule has 0 radical (unpaired) electrons. The van der Waals surface area contributed by atoms with Crippen LogP contribution in [0.15, 0.2) is 0 Å². The number of alkyl halides is 2. The van der Waals surface area contributed by atoms with Crippen LogP contribution in [0, 0.1) is 10.8 Å². The summed E-state index contributed by atoms with van der Waals surface area (Å²) in [7, 11) is 1.75. The third-order valence-electron chi connectivity index (χ3n) is 5.34. The standard InChI is InChI=1S/C14H23F2NO/c1-11-7-13(8-14(13,15)16)5-6-17(11)9-12(3-4-12)10-18-2/h11H,3-10H2,1-2H3. The van der Waals surface area contributed by atoms with Crippen molar-refractivity contribution in [2.75, 3.05) is 26.8 Å². The molecule has 0 aromatic heterocycles. The van der Waals surface area contributed by atoms with Crippen LogP contribution in [-0.2, 0) is 4.74 Å². The molecule has 4 heteroatoms. The van der Waals surface area contributed by atoms with Gasteiger partial charge < -0.3 is 4.74 Å². The lowest BCUT2D eigenvalue weighted by Crippen LogP contribution is -2.46. The minimum Gasteiger partial charge on any atom is -0.384 e. The molecule has 2 unspecified atom stereocenters. The van der Waals surface area contributed by atoms with E-state index in [-0.39, 0.29) is 6.42 Å². The molecular weight excluding hydrogens is 236 g/mol. The van der Waals surface area contributed by atoms with Gasteiger partial charge in [0.25, 0.3) is 5.92 Å². The highest BCUT2D eigenvalue weighted by Gasteiger charge is 2.71. The van der Waals surface area contributed by atoms with Gasteiger partial charge in [-0.2, -0.15) is 0 Å². The number of hydrogen-bond acceptors (Lipinski definition) is 2. The summed E-state index contributed by atoms with van der Waals surface area (Å²) in [4.78, 5) is 2.41. The predicted molar refractivity (Wildman–Crippen MR) is 65.8 cm³/mol. The van der Waals surface area contributed by atoms with Gasteiger partial charge in [0.2, 0.25) is 0 Å². The molecule has 3 fully saturated rings. The van der Waals surface area contributed by atoms with E-state index in [2.05, 4.69) is 11.8 Å². The van der Waals surface area contributed by atoms with Crippen LogP contribution in [-0.4, -0.2) is 43.7 Å². The van der Waals surface area contributed by atoms with Gasteiger partial charge in [-0.15, -0.1) is 0 Å². The molecule has 3 aliphatic rings. The van der Waals surface area contributed by atoms with Crippen molar-refractivity contribution in [3.63, 3.8) is 0 Å². The van der Waals surface area contributed by atoms with Crippen LogP contribution in [0.2, 0.25) is 0 Å². The van der Waals surface area contributed by atoms with Crippen LogP contribution in [0.3, 0.4) is 0 Å². The van der Waals surface area contributed by atoms with Crippen molar-refractivity contribution in [2.24, 2.45) is 10.8 Å². The van der Waals surface area contributed by atoms with Crippen LogP contribution in [0.25, 0.3) is 0 Å². The largest absolute Gasteiger partial charge is 0.384 e. The van der Waals surface area contributed by atoms with Crippen LogP contribution < -0.4 is 0 Å². The number of likely N-dealkylation sites (tertiary alicyclic amines) is 1. The number of rotatable bonds is 4. The Morgan fingerprint density at radius 2 is 1.94 bits per heavy atom. The Morgan fingerprint density at radius 1 is 1.28 bits per heavy atom. The number of ether oxygens (including phenoxy) is 1. The summed E-state index contributed by atoms with van der Waals surface area (Å²) >= 11 is 0. The Labute approximate surface area is 108 Å². The van der Waals surface area contributed by atoms with Gasteiger partial charge in [0.15, 0.2) is 0 Å². The highest BCUT2D eigenvalue weighted by molar-refractivity contribution is 5.13. The molecule has 2 aliphatic carbocycles. The van der Waals surface area contributed by atoms with Gasteiger partial charge in [-0.05, 0) is 39.2 Å². The molecule has 2 atom stereocenters. The first kappa shape index (κ1) is 12.8. The van der Waals surface area contributed by atoms with E-state index in [1.807, 2.05) is 0 Å². The van der Waals surface area contributed by atoms with Crippen molar-refractivity contribution in [2.45, 2.75) is 51.0 Å². The summed E-state index contributed by atoms with van der Waals surface area (Å²) in [5, 5.41) is 0. The zero-order chi connectivity index (χ0) is 13.0. The van der Waals surface area contributed by atoms with Crippen molar-refractivity contribution in [1.82, 2.24) is 4.90 Å². The van der Waals surface area contributed by atoms with E-state index in [0.29, 0.717) is 24.3 Å². The summed E-state index contributed by atoms with van der Waals surface area (Å²) in [5.41, 5.74) is -0.305. The zero-order valence-corrected chi connectivity index (χ0v) is 11.3. The zero-order valence-electron chi connectivity index (χ0n) is 11.3. The molecule has 0 aromatic carbocycles. The molecule has 2 nitrogen and oxygen atoms in total. The maximum atomic E-state index is 13.4. The van der Waals surface area contributed by atoms with Crippen molar-refractivity contribution < 1.29 is 13.5 Å². The molecule has 1 aliphatic heterocycles. The summed E-state index contributed by atoms with van der Waals surface area (Å²) in [6, 6.07) is 0.293. The number of piperidine rings is 1. The van der Waals surface area contributed by atoms with Crippen LogP contribution in [0.5, 0.6) is 0 Å². The minimum absolute atomic E-state index is 0.126. The highest BCUT2D eigenvalue weighted by atomic mass is 19.3. The first-order valence-electron chi connectivity index (χ1n) is 7.03. The van der Waals surface area contributed by atoms with Gasteiger partial charge in [-0.25, -0.2) is 8.78 Å². The molecule has 0 amide bonds. The van der Waals surface area contributed by atoms with Crippen molar-refractivity contribution >= 4 is 0 Å². The number of nitrogens with zero attached hydrogens (tertiary/aromatic N) is 1. The Kier molecular flexibility index (Phi) is 2.76. The molecule has 1 saturated heterocycles. The average molecular weight is 259 g/mol. The van der Waals surface area contributed by atoms with E-state index >= 15 is 0 Å². The van der Waals surface area contributed by atoms with E-state index in [1.54, 1.807) is 7.11 Å². The number of methoxy groups -OCH3 is 1. The topological polar surface area (TPSA) is 12.5 Å². The first-order chi connectivity index (χ1) is 8.42. The van der Waals surface area contributed by atoms with Crippen molar-refractivity contribution in [3.8, 4) is 0 Å². The van der Waals surface area contributed by atoms with E-state index in [0.717, 1.165) is 19.7 Å². The van der Waals surface area contributed by atoms with Crippen LogP contribution in [0.4, 0.5) is 8.78 Å². The van der Waals surface area contributed by atoms with Gasteiger partial charge >= 0.3 is 0 Å². The molecule has 3 rings (SSSR count). The average Bonchev–Trinajstić information content (AvgIpc) is 3.13. The molecule has 18 heavy (non-hydrogen) atoms. The Balaban J connectivity index is 1.57. The Morgan fingerprint density at radius 3 is 2.39 bits per heavy atom. The third-order valence-corrected chi connectivity index (χ3v) is 5.34. The fourth-order valence-corrected chi connectivity index (χ4v) is 3.74. The fourth-order valence-electron chi connectivity index (χ4n) is 3.74. The monoisotopic (exact) mass is 259 g/mol. The summed E-state index contributed by atoms with van der Waals surface area (Å²) < 4.78 is 32.1. The van der Waals surface area contributed by atoms with Gasteiger partial charge in [-0.1, -0.05) is 0 Å². The lowest BCUT2D eigenvalue weighted by molar-refractivity contribution is 0.00200. The lowest BCUT2D eigenvalue weighted by atomic mass is 9.87.